The second-order valence-electron chi connectivity index (χ2n) is 3.85. The molecule has 86 valence electrons. The van der Waals surface area contributed by atoms with Crippen LogP contribution in [0, 0.1) is 0 Å². The Morgan fingerprint density at radius 1 is 1.44 bits per heavy atom. The SMILES string of the molecule is COC(=O)C1CCCN1c1ccc(Cl)cc1. The summed E-state index contributed by atoms with van der Waals surface area (Å²) in [4.78, 5) is 13.6. The van der Waals surface area contributed by atoms with Crippen LogP contribution in [0.2, 0.25) is 5.02 Å². The summed E-state index contributed by atoms with van der Waals surface area (Å²) < 4.78 is 4.80. The molecule has 1 aliphatic heterocycles. The van der Waals surface area contributed by atoms with Crippen molar-refractivity contribution in [2.75, 3.05) is 18.6 Å². The zero-order valence-electron chi connectivity index (χ0n) is 9.15. The van der Waals surface area contributed by atoms with Gasteiger partial charge >= 0.3 is 5.97 Å². The number of benzene rings is 1. The summed E-state index contributed by atoms with van der Waals surface area (Å²) in [5.41, 5.74) is 1.03. The lowest BCUT2D eigenvalue weighted by molar-refractivity contribution is -0.141. The van der Waals surface area contributed by atoms with Gasteiger partial charge in [-0.15, -0.1) is 0 Å². The number of carbonyl (C=O) groups excluding carboxylic acids is 1. The van der Waals surface area contributed by atoms with Gasteiger partial charge in [0.25, 0.3) is 0 Å². The Morgan fingerprint density at radius 2 is 2.12 bits per heavy atom. The van der Waals surface area contributed by atoms with Gasteiger partial charge in [0.15, 0.2) is 0 Å². The lowest BCUT2D eigenvalue weighted by Crippen LogP contribution is -2.36. The number of anilines is 1. The molecule has 1 atom stereocenters. The summed E-state index contributed by atoms with van der Waals surface area (Å²) in [6.45, 7) is 0.890. The fourth-order valence-electron chi connectivity index (χ4n) is 2.09. The van der Waals surface area contributed by atoms with Crippen molar-refractivity contribution < 1.29 is 9.53 Å². The van der Waals surface area contributed by atoms with Crippen LogP contribution in [0.1, 0.15) is 12.8 Å². The van der Waals surface area contributed by atoms with Gasteiger partial charge in [-0.05, 0) is 37.1 Å². The highest BCUT2D eigenvalue weighted by Crippen LogP contribution is 2.27. The Morgan fingerprint density at radius 3 is 2.75 bits per heavy atom. The molecule has 1 aromatic rings. The van der Waals surface area contributed by atoms with Gasteiger partial charge in [-0.1, -0.05) is 11.6 Å². The molecule has 1 fully saturated rings. The first-order valence-corrected chi connectivity index (χ1v) is 5.70. The molecular formula is C12H14ClNO2. The second kappa shape index (κ2) is 4.74. The highest BCUT2D eigenvalue weighted by molar-refractivity contribution is 6.30. The van der Waals surface area contributed by atoms with Crippen molar-refractivity contribution in [2.24, 2.45) is 0 Å². The maximum Gasteiger partial charge on any atom is 0.328 e. The van der Waals surface area contributed by atoms with E-state index in [0.29, 0.717) is 5.02 Å². The Bertz CT molecular complexity index is 377. The van der Waals surface area contributed by atoms with Crippen molar-refractivity contribution in [3.8, 4) is 0 Å². The average Bonchev–Trinajstić information content (AvgIpc) is 2.78. The van der Waals surface area contributed by atoms with Crippen LogP contribution in [0.3, 0.4) is 0 Å². The van der Waals surface area contributed by atoms with Gasteiger partial charge in [0, 0.05) is 17.3 Å². The van der Waals surface area contributed by atoms with Crippen molar-refractivity contribution in [3.63, 3.8) is 0 Å². The lowest BCUT2D eigenvalue weighted by atomic mass is 10.2. The summed E-state index contributed by atoms with van der Waals surface area (Å²) in [6.07, 6.45) is 1.87. The zero-order chi connectivity index (χ0) is 11.5. The van der Waals surface area contributed by atoms with Gasteiger partial charge in [-0.3, -0.25) is 0 Å². The molecule has 1 aromatic carbocycles. The topological polar surface area (TPSA) is 29.5 Å². The van der Waals surface area contributed by atoms with E-state index in [1.54, 1.807) is 0 Å². The minimum atomic E-state index is -0.160. The van der Waals surface area contributed by atoms with E-state index >= 15 is 0 Å². The van der Waals surface area contributed by atoms with Crippen molar-refractivity contribution in [1.82, 2.24) is 0 Å². The molecular weight excluding hydrogens is 226 g/mol. The quantitative estimate of drug-likeness (QED) is 0.743. The fourth-order valence-corrected chi connectivity index (χ4v) is 2.22. The molecule has 0 amide bonds. The summed E-state index contributed by atoms with van der Waals surface area (Å²) >= 11 is 5.83. The number of carbonyl (C=O) groups is 1. The highest BCUT2D eigenvalue weighted by atomic mass is 35.5. The van der Waals surface area contributed by atoms with Crippen LogP contribution >= 0.6 is 11.6 Å². The van der Waals surface area contributed by atoms with Gasteiger partial charge in [0.1, 0.15) is 6.04 Å². The maximum absolute atomic E-state index is 11.6. The molecule has 1 aliphatic rings. The molecule has 2 rings (SSSR count). The smallest absolute Gasteiger partial charge is 0.328 e. The lowest BCUT2D eigenvalue weighted by Gasteiger charge is -2.24. The van der Waals surface area contributed by atoms with Crippen molar-refractivity contribution in [3.05, 3.63) is 29.3 Å². The number of esters is 1. The van der Waals surface area contributed by atoms with Gasteiger partial charge in [-0.25, -0.2) is 4.79 Å². The number of hydrogen-bond acceptors (Lipinski definition) is 3. The van der Waals surface area contributed by atoms with Gasteiger partial charge in [0.05, 0.1) is 7.11 Å². The molecule has 0 radical (unpaired) electrons. The van der Waals surface area contributed by atoms with Crippen LogP contribution in [0.4, 0.5) is 5.69 Å². The summed E-state index contributed by atoms with van der Waals surface area (Å²) in [7, 11) is 1.43. The number of nitrogens with zero attached hydrogens (tertiary/aromatic N) is 1. The molecule has 4 heteroatoms. The molecule has 0 N–H and O–H groups in total. The van der Waals surface area contributed by atoms with E-state index < -0.39 is 0 Å². The molecule has 1 unspecified atom stereocenters. The Hall–Kier alpha value is -1.22. The Kier molecular flexibility index (Phi) is 3.34. The van der Waals surface area contributed by atoms with Crippen LogP contribution < -0.4 is 4.90 Å². The van der Waals surface area contributed by atoms with Gasteiger partial charge in [-0.2, -0.15) is 0 Å². The fraction of sp³-hybridized carbons (Fsp3) is 0.417. The summed E-state index contributed by atoms with van der Waals surface area (Å²) in [6, 6.07) is 7.39. The number of halogens is 1. The third-order valence-electron chi connectivity index (χ3n) is 2.88. The molecule has 0 aromatic heterocycles. The summed E-state index contributed by atoms with van der Waals surface area (Å²) in [5.74, 6) is -0.160. The number of hydrogen-bond donors (Lipinski definition) is 0. The third-order valence-corrected chi connectivity index (χ3v) is 3.14. The normalized spacial score (nSPS) is 19.9. The molecule has 0 saturated carbocycles. The molecule has 0 spiro atoms. The summed E-state index contributed by atoms with van der Waals surface area (Å²) in [5, 5.41) is 0.706. The van der Waals surface area contributed by atoms with Crippen LogP contribution in [-0.4, -0.2) is 25.7 Å². The van der Waals surface area contributed by atoms with Crippen LogP contribution in [-0.2, 0) is 9.53 Å². The molecule has 0 aliphatic carbocycles. The number of ether oxygens (including phenoxy) is 1. The molecule has 1 heterocycles. The van der Waals surface area contributed by atoms with E-state index in [4.69, 9.17) is 16.3 Å². The Balaban J connectivity index is 2.19. The van der Waals surface area contributed by atoms with Crippen LogP contribution in [0.5, 0.6) is 0 Å². The Labute approximate surface area is 100.0 Å². The molecule has 1 saturated heterocycles. The van der Waals surface area contributed by atoms with E-state index in [9.17, 15) is 4.79 Å². The van der Waals surface area contributed by atoms with E-state index in [1.807, 2.05) is 24.3 Å². The predicted octanol–water partition coefficient (Wildman–Crippen LogP) is 2.48. The zero-order valence-corrected chi connectivity index (χ0v) is 9.91. The van der Waals surface area contributed by atoms with E-state index in [-0.39, 0.29) is 12.0 Å². The standard InChI is InChI=1S/C12H14ClNO2/c1-16-12(15)11-3-2-8-14(11)10-6-4-9(13)5-7-10/h4-7,11H,2-3,8H2,1H3. The first kappa shape index (κ1) is 11.3. The molecule has 3 nitrogen and oxygen atoms in total. The molecule has 16 heavy (non-hydrogen) atoms. The largest absolute Gasteiger partial charge is 0.467 e. The van der Waals surface area contributed by atoms with Crippen LogP contribution in [0.25, 0.3) is 0 Å². The minimum absolute atomic E-state index is 0.147. The molecule has 0 bridgehead atoms. The van der Waals surface area contributed by atoms with Crippen molar-refractivity contribution in [1.29, 1.82) is 0 Å². The van der Waals surface area contributed by atoms with Gasteiger partial charge in [0.2, 0.25) is 0 Å². The van der Waals surface area contributed by atoms with Gasteiger partial charge < -0.3 is 9.64 Å². The first-order chi connectivity index (χ1) is 7.72. The number of methoxy groups -OCH3 is 1. The average molecular weight is 240 g/mol. The van der Waals surface area contributed by atoms with E-state index in [1.165, 1.54) is 7.11 Å². The monoisotopic (exact) mass is 239 g/mol. The second-order valence-corrected chi connectivity index (χ2v) is 4.29. The van der Waals surface area contributed by atoms with E-state index in [2.05, 4.69) is 4.90 Å². The first-order valence-electron chi connectivity index (χ1n) is 5.32. The van der Waals surface area contributed by atoms with Crippen molar-refractivity contribution >= 4 is 23.3 Å². The van der Waals surface area contributed by atoms with E-state index in [0.717, 1.165) is 25.1 Å². The highest BCUT2D eigenvalue weighted by Gasteiger charge is 2.31. The minimum Gasteiger partial charge on any atom is -0.467 e. The number of rotatable bonds is 2. The van der Waals surface area contributed by atoms with Crippen molar-refractivity contribution in [2.45, 2.75) is 18.9 Å². The predicted molar refractivity (Wildman–Crippen MR) is 63.8 cm³/mol. The third kappa shape index (κ3) is 2.14. The van der Waals surface area contributed by atoms with Crippen LogP contribution in [0.15, 0.2) is 24.3 Å². The maximum atomic E-state index is 11.6.